The van der Waals surface area contributed by atoms with Crippen molar-refractivity contribution >= 4 is 12.2 Å². The Morgan fingerprint density at radius 1 is 1.00 bits per heavy atom. The minimum Gasteiger partial charge on any atom is -0.465 e. The van der Waals surface area contributed by atoms with Crippen LogP contribution in [0.3, 0.4) is 0 Å². The second-order valence-corrected chi connectivity index (χ2v) is 9.34. The van der Waals surface area contributed by atoms with E-state index in [-0.39, 0.29) is 16.9 Å². The van der Waals surface area contributed by atoms with Gasteiger partial charge in [0.2, 0.25) is 0 Å². The molecule has 0 aliphatic heterocycles. The van der Waals surface area contributed by atoms with E-state index in [0.29, 0.717) is 18.7 Å². The van der Waals surface area contributed by atoms with Gasteiger partial charge in [0.1, 0.15) is 5.75 Å². The highest BCUT2D eigenvalue weighted by Gasteiger charge is 2.42. The van der Waals surface area contributed by atoms with Crippen molar-refractivity contribution in [3.63, 3.8) is 0 Å². The number of benzene rings is 2. The molecule has 1 saturated carbocycles. The molecule has 0 aromatic heterocycles. The van der Waals surface area contributed by atoms with Crippen LogP contribution in [0.25, 0.3) is 11.1 Å². The van der Waals surface area contributed by atoms with Crippen LogP contribution in [0.4, 0.5) is 9.59 Å². The number of carbonyl (C=O) groups is 2. The van der Waals surface area contributed by atoms with E-state index < -0.39 is 12.2 Å². The highest BCUT2D eigenvalue weighted by molar-refractivity contribution is 5.71. The number of hydrogen-bond donors (Lipinski definition) is 3. The molecule has 2 unspecified atom stereocenters. The second kappa shape index (κ2) is 8.78. The van der Waals surface area contributed by atoms with Gasteiger partial charge in [-0.25, -0.2) is 9.59 Å². The van der Waals surface area contributed by atoms with Crippen LogP contribution in [0.5, 0.6) is 5.75 Å². The number of hydrogen-bond acceptors (Lipinski definition) is 3. The Kier molecular flexibility index (Phi) is 6.34. The van der Waals surface area contributed by atoms with Crippen LogP contribution in [0.15, 0.2) is 54.6 Å². The summed E-state index contributed by atoms with van der Waals surface area (Å²) < 4.78 is 5.42. The van der Waals surface area contributed by atoms with Crippen molar-refractivity contribution in [2.45, 2.75) is 46.1 Å². The maximum atomic E-state index is 12.3. The first kappa shape index (κ1) is 21.7. The Bertz CT molecular complexity index is 880. The average Bonchev–Trinajstić information content (AvgIpc) is 2.66. The fraction of sp³-hybridized carbons (Fsp3) is 0.417. The van der Waals surface area contributed by atoms with E-state index >= 15 is 0 Å². The van der Waals surface area contributed by atoms with Gasteiger partial charge < -0.3 is 20.5 Å². The van der Waals surface area contributed by atoms with E-state index in [2.05, 4.69) is 31.4 Å². The summed E-state index contributed by atoms with van der Waals surface area (Å²) in [5.41, 5.74) is 1.92. The van der Waals surface area contributed by atoms with Crippen LogP contribution in [0.1, 0.15) is 40.0 Å². The van der Waals surface area contributed by atoms with Crippen LogP contribution in [0.2, 0.25) is 0 Å². The molecule has 2 aromatic carbocycles. The zero-order valence-corrected chi connectivity index (χ0v) is 17.8. The Labute approximate surface area is 177 Å². The third kappa shape index (κ3) is 5.99. The van der Waals surface area contributed by atoms with Crippen molar-refractivity contribution < 1.29 is 19.4 Å². The van der Waals surface area contributed by atoms with Gasteiger partial charge in [0.15, 0.2) is 0 Å². The molecule has 3 rings (SSSR count). The van der Waals surface area contributed by atoms with Crippen molar-refractivity contribution in [1.82, 2.24) is 10.6 Å². The maximum absolute atomic E-state index is 12.3. The monoisotopic (exact) mass is 410 g/mol. The molecule has 6 heteroatoms. The number of nitrogens with one attached hydrogen (secondary N) is 2. The first-order chi connectivity index (χ1) is 14.1. The Morgan fingerprint density at radius 3 is 2.27 bits per heavy atom. The van der Waals surface area contributed by atoms with Crippen molar-refractivity contribution in [3.8, 4) is 16.9 Å². The molecule has 30 heavy (non-hydrogen) atoms. The maximum Gasteiger partial charge on any atom is 0.412 e. The second-order valence-electron chi connectivity index (χ2n) is 9.34. The molecule has 1 aliphatic rings. The Balaban J connectivity index is 1.56. The van der Waals surface area contributed by atoms with E-state index in [4.69, 9.17) is 9.84 Å². The van der Waals surface area contributed by atoms with E-state index in [1.165, 1.54) is 0 Å². The summed E-state index contributed by atoms with van der Waals surface area (Å²) in [6, 6.07) is 17.3. The summed E-state index contributed by atoms with van der Waals surface area (Å²) in [5, 5.41) is 14.6. The zero-order chi connectivity index (χ0) is 21.8. The topological polar surface area (TPSA) is 87.7 Å². The van der Waals surface area contributed by atoms with Gasteiger partial charge in [-0.3, -0.25) is 0 Å². The minimum absolute atomic E-state index is 0.0149. The average molecular weight is 411 g/mol. The highest BCUT2D eigenvalue weighted by atomic mass is 16.6. The van der Waals surface area contributed by atoms with Gasteiger partial charge in [-0.2, -0.15) is 0 Å². The third-order valence-electron chi connectivity index (χ3n) is 5.60. The zero-order valence-electron chi connectivity index (χ0n) is 17.8. The molecule has 0 radical (unpaired) electrons. The smallest absolute Gasteiger partial charge is 0.412 e. The van der Waals surface area contributed by atoms with Crippen molar-refractivity contribution in [2.24, 2.45) is 10.8 Å². The van der Waals surface area contributed by atoms with Gasteiger partial charge in [0.25, 0.3) is 0 Å². The molecule has 0 heterocycles. The summed E-state index contributed by atoms with van der Waals surface area (Å²) in [6.07, 6.45) is 0.840. The first-order valence-electron chi connectivity index (χ1n) is 10.2. The molecule has 0 saturated heterocycles. The lowest BCUT2D eigenvalue weighted by molar-refractivity contribution is 0.0695. The van der Waals surface area contributed by atoms with Gasteiger partial charge in [-0.1, -0.05) is 63.2 Å². The predicted molar refractivity (Wildman–Crippen MR) is 117 cm³/mol. The lowest BCUT2D eigenvalue weighted by Gasteiger charge is -2.46. The minimum atomic E-state index is -1.01. The van der Waals surface area contributed by atoms with Crippen molar-refractivity contribution in [2.75, 3.05) is 6.54 Å². The quantitative estimate of drug-likeness (QED) is 0.625. The van der Waals surface area contributed by atoms with Crippen molar-refractivity contribution in [3.05, 3.63) is 54.6 Å². The summed E-state index contributed by atoms with van der Waals surface area (Å²) in [6.45, 7) is 6.77. The normalized spacial score (nSPS) is 22.7. The van der Waals surface area contributed by atoms with Gasteiger partial charge in [-0.05, 0) is 53.4 Å². The van der Waals surface area contributed by atoms with Gasteiger partial charge in [0, 0.05) is 12.6 Å². The van der Waals surface area contributed by atoms with Crippen LogP contribution in [-0.2, 0) is 0 Å². The number of carbonyl (C=O) groups excluding carboxylic acids is 1. The molecule has 6 nitrogen and oxygen atoms in total. The molecule has 2 atom stereocenters. The van der Waals surface area contributed by atoms with Crippen LogP contribution < -0.4 is 15.4 Å². The first-order valence-corrected chi connectivity index (χ1v) is 10.2. The Hall–Kier alpha value is -3.02. The lowest BCUT2D eigenvalue weighted by atomic mass is 9.62. The molecule has 0 bridgehead atoms. The van der Waals surface area contributed by atoms with Crippen LogP contribution >= 0.6 is 0 Å². The third-order valence-corrected chi connectivity index (χ3v) is 5.60. The summed E-state index contributed by atoms with van der Waals surface area (Å²) in [5.74, 6) is 0.478. The van der Waals surface area contributed by atoms with Gasteiger partial charge in [-0.15, -0.1) is 0 Å². The molecular weight excluding hydrogens is 380 g/mol. The number of rotatable bonds is 5. The predicted octanol–water partition coefficient (Wildman–Crippen LogP) is 5.29. The van der Waals surface area contributed by atoms with Gasteiger partial charge >= 0.3 is 12.2 Å². The SMILES string of the molecule is CC1(C)CC(NC(=O)O)CC(C)(CNC(=O)Oc2ccc(-c3ccccc3)cc2)C1. The Morgan fingerprint density at radius 2 is 1.63 bits per heavy atom. The van der Waals surface area contributed by atoms with Crippen LogP contribution in [-0.4, -0.2) is 29.9 Å². The van der Waals surface area contributed by atoms with E-state index in [1.54, 1.807) is 12.1 Å². The molecule has 1 fully saturated rings. The van der Waals surface area contributed by atoms with Crippen LogP contribution in [0, 0.1) is 10.8 Å². The summed E-state index contributed by atoms with van der Waals surface area (Å²) in [4.78, 5) is 23.4. The largest absolute Gasteiger partial charge is 0.465 e. The van der Waals surface area contributed by atoms with E-state index in [9.17, 15) is 9.59 Å². The molecule has 1 aliphatic carbocycles. The fourth-order valence-electron chi connectivity index (χ4n) is 4.82. The summed E-state index contributed by atoms with van der Waals surface area (Å²) >= 11 is 0. The molecule has 0 spiro atoms. The molecule has 2 aromatic rings. The van der Waals surface area contributed by atoms with Crippen molar-refractivity contribution in [1.29, 1.82) is 0 Å². The number of amides is 2. The highest BCUT2D eigenvalue weighted by Crippen LogP contribution is 2.45. The van der Waals surface area contributed by atoms with E-state index in [0.717, 1.165) is 24.0 Å². The molecule has 2 amide bonds. The molecular formula is C24H30N2O4. The number of ether oxygens (including phenoxy) is 1. The standard InChI is InChI=1S/C24H30N2O4/c1-23(2)13-19(26-21(27)28)14-24(3,15-23)16-25-22(29)30-20-11-9-18(10-12-20)17-7-5-4-6-8-17/h4-12,19,26H,13-16H2,1-3H3,(H,25,29)(H,27,28). The lowest BCUT2D eigenvalue weighted by Crippen LogP contribution is -2.50. The van der Waals surface area contributed by atoms with Gasteiger partial charge in [0.05, 0.1) is 0 Å². The summed E-state index contributed by atoms with van der Waals surface area (Å²) in [7, 11) is 0. The fourth-order valence-corrected chi connectivity index (χ4v) is 4.82. The molecule has 3 N–H and O–H groups in total. The number of carboxylic acid groups (broad SMARTS) is 1. The van der Waals surface area contributed by atoms with E-state index in [1.807, 2.05) is 42.5 Å². The molecule has 160 valence electrons.